The summed E-state index contributed by atoms with van der Waals surface area (Å²) in [5, 5.41) is 9.01. The molecule has 1 saturated heterocycles. The van der Waals surface area contributed by atoms with Gasteiger partial charge in [-0.3, -0.25) is 9.69 Å². The predicted molar refractivity (Wildman–Crippen MR) is 49.6 cm³/mol. The van der Waals surface area contributed by atoms with Crippen LogP contribution in [0.3, 0.4) is 0 Å². The van der Waals surface area contributed by atoms with Crippen molar-refractivity contribution in [3.63, 3.8) is 0 Å². The second-order valence-corrected chi connectivity index (χ2v) is 4.66. The first kappa shape index (κ1) is 11.9. The molecule has 0 unspecified atom stereocenters. The van der Waals surface area contributed by atoms with Gasteiger partial charge in [-0.15, -0.1) is 0 Å². The van der Waals surface area contributed by atoms with Crippen LogP contribution < -0.4 is 29.6 Å². The number of thioether (sulfide) groups is 1. The molecule has 2 fully saturated rings. The second kappa shape index (κ2) is 4.53. The molecule has 1 N–H and O–H groups in total. The van der Waals surface area contributed by atoms with Crippen LogP contribution in [0.2, 0.25) is 0 Å². The molecule has 0 amide bonds. The van der Waals surface area contributed by atoms with Crippen LogP contribution in [0.1, 0.15) is 14.3 Å². The molecule has 13 heavy (non-hydrogen) atoms. The van der Waals surface area contributed by atoms with Gasteiger partial charge < -0.3 is 6.53 Å². The molecule has 1 aliphatic carbocycles. The van der Waals surface area contributed by atoms with Gasteiger partial charge in [-0.05, 0) is 12.8 Å². The molecule has 0 bridgehead atoms. The Bertz CT molecular complexity index is 208. The van der Waals surface area contributed by atoms with E-state index in [1.54, 1.807) is 0 Å². The summed E-state index contributed by atoms with van der Waals surface area (Å²) >= 11 is 1.92. The van der Waals surface area contributed by atoms with Gasteiger partial charge in [-0.2, -0.15) is 11.8 Å². The molecule has 3 nitrogen and oxygen atoms in total. The van der Waals surface area contributed by atoms with E-state index >= 15 is 0 Å². The zero-order chi connectivity index (χ0) is 8.60. The number of hydrogen-bond acceptors (Lipinski definition) is 3. The van der Waals surface area contributed by atoms with Crippen molar-refractivity contribution in [2.75, 3.05) is 24.6 Å². The van der Waals surface area contributed by atoms with Crippen LogP contribution in [0.15, 0.2) is 0 Å². The van der Waals surface area contributed by atoms with Crippen LogP contribution in [-0.2, 0) is 4.79 Å². The fourth-order valence-electron chi connectivity index (χ4n) is 1.78. The van der Waals surface area contributed by atoms with Gasteiger partial charge in [0.25, 0.3) is 0 Å². The predicted octanol–water partition coefficient (Wildman–Crippen LogP) is -2.23. The van der Waals surface area contributed by atoms with Gasteiger partial charge in [-0.25, -0.2) is 0 Å². The summed E-state index contributed by atoms with van der Waals surface area (Å²) < 4.78 is 0. The SMILES string of the molecule is O=C(O)C1(N2CCSCC2)CC1.[H-].[Na+]. The van der Waals surface area contributed by atoms with Crippen molar-refractivity contribution in [3.8, 4) is 0 Å². The van der Waals surface area contributed by atoms with Crippen molar-refractivity contribution in [1.29, 1.82) is 0 Å². The summed E-state index contributed by atoms with van der Waals surface area (Å²) in [7, 11) is 0. The smallest absolute Gasteiger partial charge is 1.00 e. The Balaban J connectivity index is 0.000000845. The number of carboxylic acids is 1. The first-order valence-corrected chi connectivity index (χ1v) is 5.47. The summed E-state index contributed by atoms with van der Waals surface area (Å²) in [6, 6.07) is 0. The molecule has 0 spiro atoms. The van der Waals surface area contributed by atoms with Gasteiger partial charge in [0.05, 0.1) is 0 Å². The van der Waals surface area contributed by atoms with E-state index in [4.69, 9.17) is 5.11 Å². The third-order valence-electron chi connectivity index (χ3n) is 2.74. The maximum absolute atomic E-state index is 10.9. The molecule has 0 aromatic carbocycles. The van der Waals surface area contributed by atoms with E-state index < -0.39 is 11.5 Å². The Morgan fingerprint density at radius 3 is 2.31 bits per heavy atom. The molecule has 2 aliphatic rings. The molecule has 0 radical (unpaired) electrons. The summed E-state index contributed by atoms with van der Waals surface area (Å²) in [6.45, 7) is 1.91. The van der Waals surface area contributed by atoms with Gasteiger partial charge in [0.15, 0.2) is 0 Å². The van der Waals surface area contributed by atoms with Gasteiger partial charge in [0.1, 0.15) is 5.54 Å². The maximum Gasteiger partial charge on any atom is 1.00 e. The molecule has 2 rings (SSSR count). The van der Waals surface area contributed by atoms with E-state index in [1.165, 1.54) is 0 Å². The molecule has 0 atom stereocenters. The standard InChI is InChI=1S/C8H13NO2S.Na.H/c10-7(11)8(1-2-8)9-3-5-12-6-4-9;;/h1-6H2,(H,10,11);;/q;+1;-1. The second-order valence-electron chi connectivity index (χ2n) is 3.44. The molecular weight excluding hydrogens is 197 g/mol. The molecule has 5 heteroatoms. The normalized spacial score (nSPS) is 26.2. The number of aliphatic carboxylic acids is 1. The summed E-state index contributed by atoms with van der Waals surface area (Å²) in [5.74, 6) is 1.57. The minimum absolute atomic E-state index is 0. The number of nitrogens with zero attached hydrogens (tertiary/aromatic N) is 1. The van der Waals surface area contributed by atoms with Crippen molar-refractivity contribution >= 4 is 17.7 Å². The van der Waals surface area contributed by atoms with Crippen LogP contribution in [0.5, 0.6) is 0 Å². The fraction of sp³-hybridized carbons (Fsp3) is 0.875. The average molecular weight is 211 g/mol. The van der Waals surface area contributed by atoms with Crippen molar-refractivity contribution < 1.29 is 40.9 Å². The third-order valence-corrected chi connectivity index (χ3v) is 3.68. The number of rotatable bonds is 2. The molecule has 0 aromatic rings. The van der Waals surface area contributed by atoms with Crippen LogP contribution in [0, 0.1) is 0 Å². The maximum atomic E-state index is 10.9. The van der Waals surface area contributed by atoms with E-state index in [1.807, 2.05) is 11.8 Å². The molecular formula is C8H14NNaO2S. The van der Waals surface area contributed by atoms with Crippen molar-refractivity contribution in [2.45, 2.75) is 18.4 Å². The third kappa shape index (κ3) is 2.23. The first-order valence-electron chi connectivity index (χ1n) is 4.32. The van der Waals surface area contributed by atoms with E-state index in [0.717, 1.165) is 37.4 Å². The topological polar surface area (TPSA) is 40.5 Å². The molecule has 1 saturated carbocycles. The van der Waals surface area contributed by atoms with Gasteiger partial charge in [0.2, 0.25) is 0 Å². The largest absolute Gasteiger partial charge is 1.00 e. The summed E-state index contributed by atoms with van der Waals surface area (Å²) in [6.07, 6.45) is 1.71. The van der Waals surface area contributed by atoms with E-state index in [0.29, 0.717) is 0 Å². The number of carboxylic acid groups (broad SMARTS) is 1. The van der Waals surface area contributed by atoms with Crippen molar-refractivity contribution in [1.82, 2.24) is 4.90 Å². The quantitative estimate of drug-likeness (QED) is 0.525. The van der Waals surface area contributed by atoms with Gasteiger partial charge >= 0.3 is 35.5 Å². The van der Waals surface area contributed by atoms with Crippen LogP contribution in [0.25, 0.3) is 0 Å². The molecule has 0 aromatic heterocycles. The number of hydrogen-bond donors (Lipinski definition) is 1. The van der Waals surface area contributed by atoms with E-state index in [-0.39, 0.29) is 31.0 Å². The fourth-order valence-corrected chi connectivity index (χ4v) is 2.68. The molecule has 1 heterocycles. The Morgan fingerprint density at radius 2 is 1.92 bits per heavy atom. The summed E-state index contributed by atoms with van der Waals surface area (Å²) in [4.78, 5) is 13.1. The van der Waals surface area contributed by atoms with Crippen molar-refractivity contribution in [2.24, 2.45) is 0 Å². The zero-order valence-corrected chi connectivity index (χ0v) is 10.8. The van der Waals surface area contributed by atoms with Gasteiger partial charge in [-0.1, -0.05) is 0 Å². The van der Waals surface area contributed by atoms with E-state index in [9.17, 15) is 4.79 Å². The summed E-state index contributed by atoms with van der Waals surface area (Å²) in [5.41, 5.74) is -0.443. The monoisotopic (exact) mass is 211 g/mol. The minimum Gasteiger partial charge on any atom is -1.00 e. The van der Waals surface area contributed by atoms with Crippen LogP contribution >= 0.6 is 11.8 Å². The Labute approximate surface area is 106 Å². The molecule has 70 valence electrons. The minimum atomic E-state index is -0.616. The molecule has 1 aliphatic heterocycles. The average Bonchev–Trinajstić information content (AvgIpc) is 2.86. The zero-order valence-electron chi connectivity index (χ0n) is 8.95. The van der Waals surface area contributed by atoms with Crippen LogP contribution in [0.4, 0.5) is 0 Å². The number of carbonyl (C=O) groups is 1. The Hall–Kier alpha value is 0.780. The van der Waals surface area contributed by atoms with Crippen LogP contribution in [-0.4, -0.2) is 46.1 Å². The first-order chi connectivity index (χ1) is 5.76. The van der Waals surface area contributed by atoms with Gasteiger partial charge in [0, 0.05) is 24.6 Å². The van der Waals surface area contributed by atoms with Crippen molar-refractivity contribution in [3.05, 3.63) is 0 Å². The Morgan fingerprint density at radius 1 is 1.38 bits per heavy atom. The van der Waals surface area contributed by atoms with E-state index in [2.05, 4.69) is 4.90 Å². The Kier molecular flexibility index (Phi) is 4.13.